The molecule has 2 N–H and O–H groups in total. The third-order valence-corrected chi connectivity index (χ3v) is 3.60. The number of aliphatic hydroxyl groups is 2. The van der Waals surface area contributed by atoms with Crippen LogP contribution in [0.5, 0.6) is 0 Å². The summed E-state index contributed by atoms with van der Waals surface area (Å²) < 4.78 is 5.19. The van der Waals surface area contributed by atoms with Gasteiger partial charge in [0.15, 0.2) is 0 Å². The first-order chi connectivity index (χ1) is 10.3. The molecule has 0 amide bonds. The van der Waals surface area contributed by atoms with Gasteiger partial charge in [-0.1, -0.05) is 51.4 Å². The molecule has 0 aromatic rings. The van der Waals surface area contributed by atoms with Crippen LogP contribution < -0.4 is 0 Å². The lowest BCUT2D eigenvalue weighted by molar-refractivity contribution is -0.143. The Labute approximate surface area is 129 Å². The Hall–Kier alpha value is -0.610. The lowest BCUT2D eigenvalue weighted by Gasteiger charge is -2.05. The molecule has 0 saturated heterocycles. The van der Waals surface area contributed by atoms with Crippen molar-refractivity contribution in [2.45, 2.75) is 83.5 Å². The van der Waals surface area contributed by atoms with E-state index in [0.29, 0.717) is 19.6 Å². The SMILES string of the molecule is O=C(CCCCCCO)OCCCCCCCCCCO. The van der Waals surface area contributed by atoms with Gasteiger partial charge in [-0.3, -0.25) is 4.79 Å². The minimum absolute atomic E-state index is 0.0806. The molecule has 0 radical (unpaired) electrons. The summed E-state index contributed by atoms with van der Waals surface area (Å²) in [5, 5.41) is 17.3. The summed E-state index contributed by atoms with van der Waals surface area (Å²) in [6.07, 6.45) is 13.2. The van der Waals surface area contributed by atoms with E-state index in [2.05, 4.69) is 0 Å². The number of rotatable bonds is 16. The molecular formula is C17H34O4. The van der Waals surface area contributed by atoms with Crippen molar-refractivity contribution in [1.29, 1.82) is 0 Å². The van der Waals surface area contributed by atoms with E-state index in [9.17, 15) is 4.79 Å². The zero-order valence-corrected chi connectivity index (χ0v) is 13.5. The summed E-state index contributed by atoms with van der Waals surface area (Å²) in [4.78, 5) is 11.4. The fraction of sp³-hybridized carbons (Fsp3) is 0.941. The molecule has 0 fully saturated rings. The molecule has 0 heterocycles. The van der Waals surface area contributed by atoms with Gasteiger partial charge in [-0.25, -0.2) is 0 Å². The number of esters is 1. The van der Waals surface area contributed by atoms with E-state index < -0.39 is 0 Å². The van der Waals surface area contributed by atoms with Crippen molar-refractivity contribution >= 4 is 5.97 Å². The highest BCUT2D eigenvalue weighted by atomic mass is 16.5. The zero-order valence-electron chi connectivity index (χ0n) is 13.5. The number of ether oxygens (including phenoxy) is 1. The zero-order chi connectivity index (χ0) is 15.6. The first-order valence-electron chi connectivity index (χ1n) is 8.68. The van der Waals surface area contributed by atoms with Crippen molar-refractivity contribution < 1.29 is 19.7 Å². The van der Waals surface area contributed by atoms with Gasteiger partial charge in [0.1, 0.15) is 0 Å². The van der Waals surface area contributed by atoms with Crippen molar-refractivity contribution in [2.75, 3.05) is 19.8 Å². The van der Waals surface area contributed by atoms with Gasteiger partial charge in [0, 0.05) is 19.6 Å². The molecule has 0 aliphatic rings. The second-order valence-corrected chi connectivity index (χ2v) is 5.66. The van der Waals surface area contributed by atoms with E-state index in [1.165, 1.54) is 25.7 Å². The maximum Gasteiger partial charge on any atom is 0.305 e. The largest absolute Gasteiger partial charge is 0.466 e. The third-order valence-electron chi connectivity index (χ3n) is 3.60. The topological polar surface area (TPSA) is 66.8 Å². The normalized spacial score (nSPS) is 10.8. The Morgan fingerprint density at radius 1 is 0.619 bits per heavy atom. The van der Waals surface area contributed by atoms with Crippen molar-refractivity contribution in [3.8, 4) is 0 Å². The highest BCUT2D eigenvalue weighted by Gasteiger charge is 2.02. The predicted octanol–water partition coefficient (Wildman–Crippen LogP) is 3.59. The Bertz CT molecular complexity index is 219. The minimum Gasteiger partial charge on any atom is -0.466 e. The molecule has 21 heavy (non-hydrogen) atoms. The number of carbonyl (C=O) groups excluding carboxylic acids is 1. The number of hydrogen-bond donors (Lipinski definition) is 2. The van der Waals surface area contributed by atoms with Crippen LogP contribution >= 0.6 is 0 Å². The summed E-state index contributed by atoms with van der Waals surface area (Å²) in [5.41, 5.74) is 0. The lowest BCUT2D eigenvalue weighted by atomic mass is 10.1. The molecule has 0 aliphatic carbocycles. The monoisotopic (exact) mass is 302 g/mol. The van der Waals surface area contributed by atoms with Gasteiger partial charge in [-0.2, -0.15) is 0 Å². The average Bonchev–Trinajstić information content (AvgIpc) is 2.49. The van der Waals surface area contributed by atoms with Crippen LogP contribution in [0.1, 0.15) is 83.5 Å². The van der Waals surface area contributed by atoms with Crippen LogP contribution in [0, 0.1) is 0 Å². The van der Waals surface area contributed by atoms with Crippen LogP contribution in [0.15, 0.2) is 0 Å². The van der Waals surface area contributed by atoms with Crippen LogP contribution in [0.2, 0.25) is 0 Å². The van der Waals surface area contributed by atoms with Gasteiger partial charge in [0.25, 0.3) is 0 Å². The summed E-state index contributed by atoms with van der Waals surface area (Å²) in [6.45, 7) is 1.11. The van der Waals surface area contributed by atoms with Gasteiger partial charge in [0.05, 0.1) is 6.61 Å². The van der Waals surface area contributed by atoms with Crippen LogP contribution in [0.3, 0.4) is 0 Å². The lowest BCUT2D eigenvalue weighted by Crippen LogP contribution is -2.05. The summed E-state index contributed by atoms with van der Waals surface area (Å²) in [6, 6.07) is 0. The quantitative estimate of drug-likeness (QED) is 0.338. The summed E-state index contributed by atoms with van der Waals surface area (Å²) in [5.74, 6) is -0.0806. The molecule has 4 heteroatoms. The minimum atomic E-state index is -0.0806. The van der Waals surface area contributed by atoms with Crippen molar-refractivity contribution in [3.05, 3.63) is 0 Å². The number of aliphatic hydroxyl groups excluding tert-OH is 2. The second-order valence-electron chi connectivity index (χ2n) is 5.66. The van der Waals surface area contributed by atoms with Crippen molar-refractivity contribution in [3.63, 3.8) is 0 Å². The predicted molar refractivity (Wildman–Crippen MR) is 85.2 cm³/mol. The second kappa shape index (κ2) is 17.4. The Kier molecular flexibility index (Phi) is 16.9. The van der Waals surface area contributed by atoms with E-state index in [1.54, 1.807) is 0 Å². The van der Waals surface area contributed by atoms with E-state index in [1.807, 2.05) is 0 Å². The van der Waals surface area contributed by atoms with Gasteiger partial charge >= 0.3 is 5.97 Å². The van der Waals surface area contributed by atoms with Crippen LogP contribution in [-0.4, -0.2) is 36.0 Å². The molecular weight excluding hydrogens is 268 g/mol. The molecule has 0 saturated carbocycles. The van der Waals surface area contributed by atoms with Gasteiger partial charge in [-0.05, 0) is 25.7 Å². The number of carbonyl (C=O) groups is 1. The molecule has 0 aromatic carbocycles. The highest BCUT2D eigenvalue weighted by Crippen LogP contribution is 2.09. The molecule has 4 nitrogen and oxygen atoms in total. The van der Waals surface area contributed by atoms with E-state index in [4.69, 9.17) is 14.9 Å². The fourth-order valence-corrected chi connectivity index (χ4v) is 2.27. The van der Waals surface area contributed by atoms with Crippen LogP contribution in [0.25, 0.3) is 0 Å². The van der Waals surface area contributed by atoms with Gasteiger partial charge in [0.2, 0.25) is 0 Å². The van der Waals surface area contributed by atoms with Gasteiger partial charge in [-0.15, -0.1) is 0 Å². The van der Waals surface area contributed by atoms with Gasteiger partial charge < -0.3 is 14.9 Å². The first-order valence-corrected chi connectivity index (χ1v) is 8.68. The smallest absolute Gasteiger partial charge is 0.305 e. The Morgan fingerprint density at radius 2 is 1.05 bits per heavy atom. The van der Waals surface area contributed by atoms with Crippen LogP contribution in [-0.2, 0) is 9.53 Å². The summed E-state index contributed by atoms with van der Waals surface area (Å²) in [7, 11) is 0. The van der Waals surface area contributed by atoms with E-state index >= 15 is 0 Å². The molecule has 0 spiro atoms. The molecule has 0 aliphatic heterocycles. The molecule has 0 atom stereocenters. The number of hydrogen-bond acceptors (Lipinski definition) is 4. The Morgan fingerprint density at radius 3 is 1.57 bits per heavy atom. The molecule has 0 aromatic heterocycles. The van der Waals surface area contributed by atoms with E-state index in [-0.39, 0.29) is 12.6 Å². The first kappa shape index (κ1) is 20.4. The summed E-state index contributed by atoms with van der Waals surface area (Å²) >= 11 is 0. The molecule has 0 rings (SSSR count). The standard InChI is InChI=1S/C17H34O4/c18-14-10-6-3-1-2-4-8-12-16-21-17(20)13-9-5-7-11-15-19/h18-19H,1-16H2. The number of unbranched alkanes of at least 4 members (excludes halogenated alkanes) is 10. The maximum atomic E-state index is 11.4. The molecule has 0 bridgehead atoms. The van der Waals surface area contributed by atoms with Crippen LogP contribution in [0.4, 0.5) is 0 Å². The Balaban J connectivity index is 3.11. The average molecular weight is 302 g/mol. The highest BCUT2D eigenvalue weighted by molar-refractivity contribution is 5.69. The van der Waals surface area contributed by atoms with E-state index in [0.717, 1.165) is 51.4 Å². The molecule has 0 unspecified atom stereocenters. The third kappa shape index (κ3) is 17.3. The van der Waals surface area contributed by atoms with Crippen molar-refractivity contribution in [1.82, 2.24) is 0 Å². The van der Waals surface area contributed by atoms with Crippen molar-refractivity contribution in [2.24, 2.45) is 0 Å². The fourth-order valence-electron chi connectivity index (χ4n) is 2.27. The molecule has 126 valence electrons. The maximum absolute atomic E-state index is 11.4.